The van der Waals surface area contributed by atoms with Crippen molar-refractivity contribution in [2.45, 2.75) is 33.0 Å². The molecule has 0 bridgehead atoms. The summed E-state index contributed by atoms with van der Waals surface area (Å²) in [6.07, 6.45) is -1.20. The zero-order valence-corrected chi connectivity index (χ0v) is 19.9. The molecule has 184 valence electrons. The fraction of sp³-hybridized carbons (Fsp3) is 0.179. The predicted octanol–water partition coefficient (Wildman–Crippen LogP) is 5.48. The fourth-order valence-electron chi connectivity index (χ4n) is 3.55. The number of carbonyl (C=O) groups excluding carboxylic acids is 2. The number of benzene rings is 3. The molecule has 0 aliphatic heterocycles. The number of anilines is 1. The van der Waals surface area contributed by atoms with Gasteiger partial charge >= 0.3 is 5.97 Å². The molecule has 1 unspecified atom stereocenters. The van der Waals surface area contributed by atoms with Gasteiger partial charge in [0.15, 0.2) is 0 Å². The van der Waals surface area contributed by atoms with Crippen molar-refractivity contribution in [1.82, 2.24) is 5.16 Å². The van der Waals surface area contributed by atoms with E-state index >= 15 is 0 Å². The third-order valence-electron chi connectivity index (χ3n) is 5.54. The molecule has 1 atom stereocenters. The first-order valence-corrected chi connectivity index (χ1v) is 11.3. The molecule has 7 nitrogen and oxygen atoms in total. The van der Waals surface area contributed by atoms with Crippen LogP contribution in [0.1, 0.15) is 34.2 Å². The molecule has 0 spiro atoms. The summed E-state index contributed by atoms with van der Waals surface area (Å²) in [7, 11) is 0. The molecule has 0 radical (unpaired) electrons. The van der Waals surface area contributed by atoms with Crippen LogP contribution in [0.3, 0.4) is 0 Å². The van der Waals surface area contributed by atoms with Crippen LogP contribution in [-0.4, -0.2) is 17.0 Å². The van der Waals surface area contributed by atoms with Crippen molar-refractivity contribution in [2.75, 3.05) is 5.32 Å². The van der Waals surface area contributed by atoms with Crippen molar-refractivity contribution in [3.63, 3.8) is 0 Å². The number of nitrogens with one attached hydrogen (secondary N) is 1. The van der Waals surface area contributed by atoms with Gasteiger partial charge in [0.05, 0.1) is 17.7 Å². The molecule has 0 aliphatic carbocycles. The van der Waals surface area contributed by atoms with Gasteiger partial charge in [-0.15, -0.1) is 0 Å². The van der Waals surface area contributed by atoms with E-state index in [0.717, 1.165) is 11.3 Å². The first-order valence-electron chi connectivity index (χ1n) is 11.3. The van der Waals surface area contributed by atoms with Gasteiger partial charge in [0, 0.05) is 11.3 Å². The number of amides is 1. The van der Waals surface area contributed by atoms with Gasteiger partial charge in [-0.2, -0.15) is 0 Å². The molecular weight excluding hydrogens is 463 g/mol. The predicted molar refractivity (Wildman–Crippen MR) is 131 cm³/mol. The number of ether oxygens (including phenoxy) is 2. The molecule has 1 heterocycles. The maximum atomic E-state index is 13.2. The molecule has 4 rings (SSSR count). The number of nitrogens with zero attached hydrogens (tertiary/aromatic N) is 1. The molecule has 3 aromatic carbocycles. The van der Waals surface area contributed by atoms with Gasteiger partial charge in [-0.05, 0) is 55.8 Å². The highest BCUT2D eigenvalue weighted by Crippen LogP contribution is 2.22. The third kappa shape index (κ3) is 6.35. The monoisotopic (exact) mass is 488 g/mol. The average molecular weight is 489 g/mol. The summed E-state index contributed by atoms with van der Waals surface area (Å²) in [6, 6.07) is 21.1. The van der Waals surface area contributed by atoms with Crippen molar-refractivity contribution < 1.29 is 28.0 Å². The Morgan fingerprint density at radius 1 is 0.972 bits per heavy atom. The van der Waals surface area contributed by atoms with E-state index in [2.05, 4.69) is 10.5 Å². The minimum absolute atomic E-state index is 0.0304. The lowest BCUT2D eigenvalue weighted by Gasteiger charge is -2.18. The van der Waals surface area contributed by atoms with E-state index in [1.165, 1.54) is 24.3 Å². The van der Waals surface area contributed by atoms with Crippen molar-refractivity contribution in [3.8, 4) is 5.75 Å². The van der Waals surface area contributed by atoms with E-state index in [0.29, 0.717) is 34.9 Å². The minimum Gasteiger partial charge on any atom is -0.489 e. The molecule has 0 fully saturated rings. The summed E-state index contributed by atoms with van der Waals surface area (Å²) >= 11 is 0. The van der Waals surface area contributed by atoms with Crippen molar-refractivity contribution in [2.24, 2.45) is 0 Å². The van der Waals surface area contributed by atoms with Crippen LogP contribution in [-0.2, 0) is 27.4 Å². The van der Waals surface area contributed by atoms with Crippen molar-refractivity contribution in [3.05, 3.63) is 113 Å². The maximum absolute atomic E-state index is 13.2. The first kappa shape index (κ1) is 24.7. The molecule has 0 aliphatic rings. The lowest BCUT2D eigenvalue weighted by molar-refractivity contribution is -0.154. The van der Waals surface area contributed by atoms with Crippen molar-refractivity contribution >= 4 is 17.6 Å². The number of halogens is 1. The van der Waals surface area contributed by atoms with E-state index < -0.39 is 23.8 Å². The lowest BCUT2D eigenvalue weighted by atomic mass is 10.1. The number of hydrogen-bond acceptors (Lipinski definition) is 6. The average Bonchev–Trinajstić information content (AvgIpc) is 3.21. The van der Waals surface area contributed by atoms with Crippen LogP contribution in [0.2, 0.25) is 0 Å². The van der Waals surface area contributed by atoms with Gasteiger partial charge in [-0.3, -0.25) is 9.59 Å². The van der Waals surface area contributed by atoms with Gasteiger partial charge in [0.25, 0.3) is 5.91 Å². The number of esters is 1. The Morgan fingerprint density at radius 3 is 2.31 bits per heavy atom. The van der Waals surface area contributed by atoms with E-state index in [1.807, 2.05) is 13.8 Å². The summed E-state index contributed by atoms with van der Waals surface area (Å²) in [4.78, 5) is 25.7. The van der Waals surface area contributed by atoms with Crippen LogP contribution in [0.25, 0.3) is 0 Å². The van der Waals surface area contributed by atoms with Gasteiger partial charge in [0.1, 0.15) is 23.9 Å². The molecule has 1 amide bonds. The number of carbonyl (C=O) groups is 2. The van der Waals surface area contributed by atoms with Gasteiger partial charge < -0.3 is 19.3 Å². The Labute approximate surface area is 207 Å². The topological polar surface area (TPSA) is 90.7 Å². The van der Waals surface area contributed by atoms with Gasteiger partial charge in [-0.1, -0.05) is 47.6 Å². The highest BCUT2D eigenvalue weighted by molar-refractivity contribution is 5.96. The van der Waals surface area contributed by atoms with Gasteiger partial charge in [-0.25, -0.2) is 4.39 Å². The van der Waals surface area contributed by atoms with E-state index in [9.17, 15) is 14.0 Å². The quantitative estimate of drug-likeness (QED) is 0.314. The van der Waals surface area contributed by atoms with Crippen LogP contribution in [0, 0.1) is 19.7 Å². The Hall–Kier alpha value is -4.46. The third-order valence-corrected chi connectivity index (χ3v) is 5.54. The molecule has 4 aromatic rings. The summed E-state index contributed by atoms with van der Waals surface area (Å²) in [5, 5.41) is 6.58. The summed E-state index contributed by atoms with van der Waals surface area (Å²) < 4.78 is 29.7. The molecule has 8 heteroatoms. The largest absolute Gasteiger partial charge is 0.489 e. The van der Waals surface area contributed by atoms with E-state index in [4.69, 9.17) is 14.0 Å². The van der Waals surface area contributed by atoms with Crippen LogP contribution >= 0.6 is 0 Å². The number of aromatic nitrogens is 1. The standard InChI is InChI=1S/C28H25FN2O5/c1-18-25(19(2)36-31-18)17-34-24-14-8-20(9-15-24)16-26(32)35-27(21-6-4-3-5-7-21)28(33)30-23-12-10-22(29)11-13-23/h3-15,27H,16-17H2,1-2H3,(H,30,33). The molecular formula is C28H25FN2O5. The Morgan fingerprint density at radius 2 is 1.67 bits per heavy atom. The number of aryl methyl sites for hydroxylation is 2. The van der Waals surface area contributed by atoms with E-state index in [-0.39, 0.29) is 6.42 Å². The zero-order valence-electron chi connectivity index (χ0n) is 19.9. The van der Waals surface area contributed by atoms with Gasteiger partial charge in [0.2, 0.25) is 6.10 Å². The fourth-order valence-corrected chi connectivity index (χ4v) is 3.55. The van der Waals surface area contributed by atoms with Crippen LogP contribution in [0.4, 0.5) is 10.1 Å². The highest BCUT2D eigenvalue weighted by atomic mass is 19.1. The molecule has 1 N–H and O–H groups in total. The summed E-state index contributed by atoms with van der Waals surface area (Å²) in [5.74, 6) is -0.179. The Kier molecular flexibility index (Phi) is 7.75. The molecule has 0 saturated heterocycles. The Bertz CT molecular complexity index is 1300. The van der Waals surface area contributed by atoms with Crippen LogP contribution in [0.15, 0.2) is 83.4 Å². The second-order valence-electron chi connectivity index (χ2n) is 8.19. The maximum Gasteiger partial charge on any atom is 0.311 e. The molecule has 36 heavy (non-hydrogen) atoms. The molecule has 0 saturated carbocycles. The van der Waals surface area contributed by atoms with E-state index in [1.54, 1.807) is 54.6 Å². The normalized spacial score (nSPS) is 11.5. The SMILES string of the molecule is Cc1noc(C)c1COc1ccc(CC(=O)OC(C(=O)Nc2ccc(F)cc2)c2ccccc2)cc1. The summed E-state index contributed by atoms with van der Waals surface area (Å²) in [6.45, 7) is 4.01. The van der Waals surface area contributed by atoms with Crippen molar-refractivity contribution in [1.29, 1.82) is 0 Å². The lowest BCUT2D eigenvalue weighted by Crippen LogP contribution is -2.26. The second kappa shape index (κ2) is 11.3. The minimum atomic E-state index is -1.17. The van der Waals surface area contributed by atoms with Crippen LogP contribution in [0.5, 0.6) is 5.75 Å². The number of hydrogen-bond donors (Lipinski definition) is 1. The first-order chi connectivity index (χ1) is 17.4. The van der Waals surface area contributed by atoms with Crippen LogP contribution < -0.4 is 10.1 Å². The second-order valence-corrected chi connectivity index (χ2v) is 8.19. The highest BCUT2D eigenvalue weighted by Gasteiger charge is 2.25. The summed E-state index contributed by atoms with van der Waals surface area (Å²) in [5.41, 5.74) is 3.30. The molecule has 1 aromatic heterocycles. The number of rotatable bonds is 9. The zero-order chi connectivity index (χ0) is 25.5. The Balaban J connectivity index is 1.39. The smallest absolute Gasteiger partial charge is 0.311 e.